The fourth-order valence-corrected chi connectivity index (χ4v) is 5.25. The lowest BCUT2D eigenvalue weighted by Crippen LogP contribution is -2.25. The van der Waals surface area contributed by atoms with Crippen molar-refractivity contribution in [2.24, 2.45) is 0 Å². The van der Waals surface area contributed by atoms with Crippen LogP contribution in [0.3, 0.4) is 0 Å². The van der Waals surface area contributed by atoms with Crippen LogP contribution in [0, 0.1) is 0 Å². The van der Waals surface area contributed by atoms with E-state index in [1.807, 2.05) is 55.6 Å². The molecule has 1 unspecified atom stereocenters. The third-order valence-corrected chi connectivity index (χ3v) is 7.10. The molecule has 2 heterocycles. The zero-order valence-corrected chi connectivity index (χ0v) is 20.6. The van der Waals surface area contributed by atoms with Gasteiger partial charge in [-0.3, -0.25) is 4.31 Å². The Morgan fingerprint density at radius 3 is 2.53 bits per heavy atom. The molecule has 168 valence electrons. The molecule has 0 aliphatic carbocycles. The molecule has 6 nitrogen and oxygen atoms in total. The molecule has 2 aromatic carbocycles. The molecule has 0 spiro atoms. The number of benzene rings is 2. The topological polar surface area (TPSA) is 64.5 Å². The van der Waals surface area contributed by atoms with Crippen molar-refractivity contribution in [3.63, 3.8) is 0 Å². The van der Waals surface area contributed by atoms with Gasteiger partial charge in [0.15, 0.2) is 16.1 Å². The van der Waals surface area contributed by atoms with E-state index in [1.165, 1.54) is 11.3 Å². The lowest BCUT2D eigenvalue weighted by molar-refractivity contribution is 0.391. The fourth-order valence-electron chi connectivity index (χ4n) is 3.03. The first-order valence-electron chi connectivity index (χ1n) is 9.95. The van der Waals surface area contributed by atoms with Gasteiger partial charge in [-0.1, -0.05) is 31.5 Å². The number of methoxy groups -OCH3 is 2. The van der Waals surface area contributed by atoms with E-state index in [2.05, 4.69) is 9.97 Å². The Labute approximate surface area is 199 Å². The molecule has 0 fully saturated rings. The SMILES string of the molecule is CC.COc1ccc(CN(c2nccs2)S(=O)c2ccc3c(Cl)nccc3c2)c(OC)c1. The average Bonchev–Trinajstić information content (AvgIpc) is 3.38. The summed E-state index contributed by atoms with van der Waals surface area (Å²) in [6, 6.07) is 12.9. The van der Waals surface area contributed by atoms with Gasteiger partial charge in [0.1, 0.15) is 16.7 Å². The zero-order chi connectivity index (χ0) is 23.1. The molecular formula is C23H24ClN3O3S2. The number of aromatic nitrogens is 2. The van der Waals surface area contributed by atoms with E-state index in [1.54, 1.807) is 37.0 Å². The van der Waals surface area contributed by atoms with Crippen molar-refractivity contribution in [2.45, 2.75) is 25.3 Å². The number of rotatable bonds is 7. The molecule has 0 saturated carbocycles. The van der Waals surface area contributed by atoms with Crippen LogP contribution in [-0.4, -0.2) is 28.4 Å². The van der Waals surface area contributed by atoms with E-state index in [4.69, 9.17) is 21.1 Å². The fraction of sp³-hybridized carbons (Fsp3) is 0.217. The molecule has 0 N–H and O–H groups in total. The molecular weight excluding hydrogens is 466 g/mol. The predicted molar refractivity (Wildman–Crippen MR) is 132 cm³/mol. The van der Waals surface area contributed by atoms with Crippen LogP contribution in [0.15, 0.2) is 65.1 Å². The maximum Gasteiger partial charge on any atom is 0.197 e. The maximum atomic E-state index is 13.6. The molecule has 0 aliphatic rings. The maximum absolute atomic E-state index is 13.6. The van der Waals surface area contributed by atoms with Gasteiger partial charge in [0.05, 0.1) is 25.7 Å². The highest BCUT2D eigenvalue weighted by molar-refractivity contribution is 7.86. The lowest BCUT2D eigenvalue weighted by Gasteiger charge is -2.22. The second-order valence-electron chi connectivity index (χ2n) is 6.26. The van der Waals surface area contributed by atoms with Crippen molar-refractivity contribution in [3.05, 3.63) is 71.0 Å². The summed E-state index contributed by atoms with van der Waals surface area (Å²) in [5.41, 5.74) is 0.870. The number of anilines is 1. The van der Waals surface area contributed by atoms with Gasteiger partial charge in [0.2, 0.25) is 0 Å². The third kappa shape index (κ3) is 5.20. The second-order valence-corrected chi connectivity index (χ2v) is 8.90. The number of thiazole rings is 1. The summed E-state index contributed by atoms with van der Waals surface area (Å²) in [6.07, 6.45) is 3.33. The minimum Gasteiger partial charge on any atom is -0.497 e. The first kappa shape index (κ1) is 24.0. The van der Waals surface area contributed by atoms with Gasteiger partial charge >= 0.3 is 0 Å². The molecule has 32 heavy (non-hydrogen) atoms. The van der Waals surface area contributed by atoms with E-state index < -0.39 is 11.0 Å². The van der Waals surface area contributed by atoms with E-state index in [-0.39, 0.29) is 0 Å². The Bertz CT molecular complexity index is 1200. The predicted octanol–water partition coefficient (Wildman–Crippen LogP) is 6.12. The Kier molecular flexibility index (Phi) is 8.44. The Hall–Kier alpha value is -2.68. The van der Waals surface area contributed by atoms with Crippen molar-refractivity contribution in [1.29, 1.82) is 0 Å². The summed E-state index contributed by atoms with van der Waals surface area (Å²) < 4.78 is 26.1. The van der Waals surface area contributed by atoms with Crippen LogP contribution in [-0.2, 0) is 17.5 Å². The average molecular weight is 490 g/mol. The van der Waals surface area contributed by atoms with Crippen LogP contribution in [0.1, 0.15) is 19.4 Å². The number of hydrogen-bond acceptors (Lipinski definition) is 6. The molecule has 0 aliphatic heterocycles. The minimum atomic E-state index is -1.50. The van der Waals surface area contributed by atoms with Crippen molar-refractivity contribution in [1.82, 2.24) is 9.97 Å². The summed E-state index contributed by atoms with van der Waals surface area (Å²) in [5.74, 6) is 1.35. The van der Waals surface area contributed by atoms with E-state index >= 15 is 0 Å². The first-order chi connectivity index (χ1) is 15.6. The first-order valence-corrected chi connectivity index (χ1v) is 12.3. The van der Waals surface area contributed by atoms with Gasteiger partial charge in [0, 0.05) is 34.8 Å². The van der Waals surface area contributed by atoms with Crippen molar-refractivity contribution < 1.29 is 13.7 Å². The number of halogens is 1. The summed E-state index contributed by atoms with van der Waals surface area (Å²) in [4.78, 5) is 9.12. The number of ether oxygens (including phenoxy) is 2. The molecule has 4 aromatic rings. The van der Waals surface area contributed by atoms with Crippen molar-refractivity contribution in [3.8, 4) is 11.5 Å². The van der Waals surface area contributed by atoms with Crippen molar-refractivity contribution >= 4 is 49.8 Å². The van der Waals surface area contributed by atoms with Gasteiger partial charge in [0.25, 0.3) is 0 Å². The summed E-state index contributed by atoms with van der Waals surface area (Å²) in [6.45, 7) is 4.35. The summed E-state index contributed by atoms with van der Waals surface area (Å²) in [5, 5.41) is 4.62. The summed E-state index contributed by atoms with van der Waals surface area (Å²) >= 11 is 7.59. The highest BCUT2D eigenvalue weighted by Gasteiger charge is 2.21. The van der Waals surface area contributed by atoms with E-state index in [0.717, 1.165) is 16.3 Å². The number of nitrogens with zero attached hydrogens (tertiary/aromatic N) is 3. The largest absolute Gasteiger partial charge is 0.497 e. The summed E-state index contributed by atoms with van der Waals surface area (Å²) in [7, 11) is 1.71. The molecule has 0 amide bonds. The lowest BCUT2D eigenvalue weighted by atomic mass is 10.2. The van der Waals surface area contributed by atoms with Gasteiger partial charge in [-0.25, -0.2) is 14.2 Å². The number of pyridine rings is 1. The molecule has 0 radical (unpaired) electrons. The Morgan fingerprint density at radius 2 is 1.84 bits per heavy atom. The monoisotopic (exact) mass is 489 g/mol. The zero-order valence-electron chi connectivity index (χ0n) is 18.2. The van der Waals surface area contributed by atoms with Crippen LogP contribution in [0.25, 0.3) is 10.8 Å². The molecule has 4 rings (SSSR count). The molecule has 2 aromatic heterocycles. The van der Waals surface area contributed by atoms with Gasteiger partial charge < -0.3 is 9.47 Å². The molecule has 0 saturated heterocycles. The Morgan fingerprint density at radius 1 is 1.03 bits per heavy atom. The van der Waals surface area contributed by atoms with Crippen LogP contribution in [0.5, 0.6) is 11.5 Å². The highest BCUT2D eigenvalue weighted by atomic mass is 35.5. The number of hydrogen-bond donors (Lipinski definition) is 0. The quantitative estimate of drug-likeness (QED) is 0.293. The van der Waals surface area contributed by atoms with Crippen LogP contribution in [0.2, 0.25) is 5.15 Å². The van der Waals surface area contributed by atoms with Crippen LogP contribution < -0.4 is 13.8 Å². The minimum absolute atomic E-state index is 0.350. The third-order valence-electron chi connectivity index (χ3n) is 4.53. The standard InChI is InChI=1S/C21H18ClN3O3S2.C2H6/c1-27-16-4-3-15(19(12-16)28-2)13-25(21-24-9-10-29-21)30(26)17-5-6-18-14(11-17)7-8-23-20(18)22;1-2/h3-12H,13H2,1-2H3;1-2H3. The molecule has 9 heteroatoms. The normalized spacial score (nSPS) is 11.4. The number of fused-ring (bicyclic) bond motifs is 1. The second kappa shape index (κ2) is 11.3. The van der Waals surface area contributed by atoms with Gasteiger partial charge in [-0.2, -0.15) is 0 Å². The van der Waals surface area contributed by atoms with Crippen molar-refractivity contribution in [2.75, 3.05) is 18.5 Å². The smallest absolute Gasteiger partial charge is 0.197 e. The molecule has 0 bridgehead atoms. The van der Waals surface area contributed by atoms with Crippen LogP contribution >= 0.6 is 22.9 Å². The van der Waals surface area contributed by atoms with Crippen LogP contribution in [0.4, 0.5) is 5.13 Å². The van der Waals surface area contributed by atoms with E-state index in [0.29, 0.717) is 33.2 Å². The Balaban J connectivity index is 0.00000141. The van der Waals surface area contributed by atoms with Gasteiger partial charge in [-0.15, -0.1) is 11.3 Å². The molecule has 1 atom stereocenters. The van der Waals surface area contributed by atoms with E-state index in [9.17, 15) is 4.21 Å². The highest BCUT2D eigenvalue weighted by Crippen LogP contribution is 2.31. The van der Waals surface area contributed by atoms with Gasteiger partial charge in [-0.05, 0) is 35.7 Å².